The number of hydrogen-bond acceptors (Lipinski definition) is 4. The predicted octanol–water partition coefficient (Wildman–Crippen LogP) is 2.33. The summed E-state index contributed by atoms with van der Waals surface area (Å²) >= 11 is 0. The van der Waals surface area contributed by atoms with Crippen molar-refractivity contribution in [2.24, 2.45) is 5.92 Å². The third-order valence-corrected chi connectivity index (χ3v) is 3.51. The maximum Gasteiger partial charge on any atom is 0.308 e. The van der Waals surface area contributed by atoms with Crippen molar-refractivity contribution >= 4 is 20.7 Å². The second-order valence-corrected chi connectivity index (χ2v) is 8.40. The van der Waals surface area contributed by atoms with Gasteiger partial charge in [0, 0.05) is 0 Å². The quantitative estimate of drug-likeness (QED) is 0.572. The van der Waals surface area contributed by atoms with E-state index in [9.17, 15) is 9.59 Å². The molecule has 0 amide bonds. The highest BCUT2D eigenvalue weighted by atomic mass is 28.3. The summed E-state index contributed by atoms with van der Waals surface area (Å²) in [5.41, 5.74) is 0.932. The fourth-order valence-electron chi connectivity index (χ4n) is 1.52. The molecule has 0 fully saturated rings. The van der Waals surface area contributed by atoms with Crippen LogP contribution in [0.2, 0.25) is 13.1 Å². The molecule has 0 spiro atoms. The fraction of sp³-hybridized carbons (Fsp3) is 0.467. The molecule has 4 nitrogen and oxygen atoms in total. The summed E-state index contributed by atoms with van der Waals surface area (Å²) in [4.78, 5) is 23.3. The molecule has 1 unspecified atom stereocenters. The largest absolute Gasteiger partial charge is 0.470 e. The Hall–Kier alpha value is -1.62. The third kappa shape index (κ3) is 6.52. The predicted molar refractivity (Wildman–Crippen MR) is 79.9 cm³/mol. The molecular weight excluding hydrogens is 272 g/mol. The van der Waals surface area contributed by atoms with Gasteiger partial charge in [-0.1, -0.05) is 50.3 Å². The SMILES string of the molecule is CC(CC(=O)OCc1ccccc1)C(=O)OC[SiH](C)C. The van der Waals surface area contributed by atoms with Crippen LogP contribution in [0.1, 0.15) is 18.9 Å². The van der Waals surface area contributed by atoms with Crippen molar-refractivity contribution in [2.45, 2.75) is 33.0 Å². The van der Waals surface area contributed by atoms with E-state index < -0.39 is 14.7 Å². The number of hydrogen-bond donors (Lipinski definition) is 0. The number of ether oxygens (including phenoxy) is 2. The number of benzene rings is 1. The minimum absolute atomic E-state index is 0.0608. The first kappa shape index (κ1) is 16.4. The van der Waals surface area contributed by atoms with E-state index in [2.05, 4.69) is 13.1 Å². The van der Waals surface area contributed by atoms with Gasteiger partial charge in [0.2, 0.25) is 0 Å². The molecule has 1 atom stereocenters. The van der Waals surface area contributed by atoms with Crippen molar-refractivity contribution in [1.29, 1.82) is 0 Å². The number of carbonyl (C=O) groups excluding carboxylic acids is 2. The topological polar surface area (TPSA) is 52.6 Å². The van der Waals surface area contributed by atoms with E-state index in [1.165, 1.54) is 0 Å². The van der Waals surface area contributed by atoms with E-state index in [-0.39, 0.29) is 25.0 Å². The normalized spacial score (nSPS) is 12.0. The van der Waals surface area contributed by atoms with Gasteiger partial charge in [-0.3, -0.25) is 9.59 Å². The smallest absolute Gasteiger partial charge is 0.308 e. The molecule has 0 aromatic heterocycles. The van der Waals surface area contributed by atoms with Crippen LogP contribution >= 0.6 is 0 Å². The highest BCUT2D eigenvalue weighted by molar-refractivity contribution is 6.55. The van der Waals surface area contributed by atoms with E-state index in [4.69, 9.17) is 9.47 Å². The Morgan fingerprint density at radius 1 is 1.15 bits per heavy atom. The van der Waals surface area contributed by atoms with E-state index >= 15 is 0 Å². The van der Waals surface area contributed by atoms with Crippen LogP contribution in [0.4, 0.5) is 0 Å². The average molecular weight is 294 g/mol. The zero-order valence-electron chi connectivity index (χ0n) is 12.3. The molecule has 0 bridgehead atoms. The molecule has 20 heavy (non-hydrogen) atoms. The van der Waals surface area contributed by atoms with Crippen molar-refractivity contribution in [2.75, 3.05) is 6.23 Å². The van der Waals surface area contributed by atoms with Crippen molar-refractivity contribution in [1.82, 2.24) is 0 Å². The van der Waals surface area contributed by atoms with Crippen LogP contribution in [-0.4, -0.2) is 27.0 Å². The van der Waals surface area contributed by atoms with Crippen molar-refractivity contribution < 1.29 is 19.1 Å². The second kappa shape index (κ2) is 8.53. The van der Waals surface area contributed by atoms with Crippen molar-refractivity contribution in [3.8, 4) is 0 Å². The summed E-state index contributed by atoms with van der Waals surface area (Å²) in [5, 5.41) is 0. The molecule has 110 valence electrons. The van der Waals surface area contributed by atoms with Gasteiger partial charge in [0.1, 0.15) is 6.61 Å². The zero-order chi connectivity index (χ0) is 15.0. The van der Waals surface area contributed by atoms with E-state index in [0.717, 1.165) is 5.56 Å². The Balaban J connectivity index is 2.29. The van der Waals surface area contributed by atoms with Crippen LogP contribution < -0.4 is 0 Å². The molecule has 0 N–H and O–H groups in total. The van der Waals surface area contributed by atoms with Gasteiger partial charge in [-0.05, 0) is 5.56 Å². The Labute approximate surface area is 121 Å². The van der Waals surface area contributed by atoms with Crippen LogP contribution in [0.25, 0.3) is 0 Å². The molecule has 0 aliphatic rings. The Kier molecular flexibility index (Phi) is 7.01. The lowest BCUT2D eigenvalue weighted by molar-refractivity contribution is -0.154. The molecule has 0 heterocycles. The second-order valence-electron chi connectivity index (χ2n) is 5.28. The van der Waals surface area contributed by atoms with E-state index in [1.54, 1.807) is 6.92 Å². The molecule has 1 rings (SSSR count). The Morgan fingerprint density at radius 2 is 1.80 bits per heavy atom. The minimum atomic E-state index is -0.917. The first-order valence-electron chi connectivity index (χ1n) is 6.85. The number of carbonyl (C=O) groups is 2. The minimum Gasteiger partial charge on any atom is -0.470 e. The number of rotatable bonds is 7. The van der Waals surface area contributed by atoms with Crippen molar-refractivity contribution in [3.63, 3.8) is 0 Å². The molecule has 5 heteroatoms. The first-order chi connectivity index (χ1) is 9.49. The highest BCUT2D eigenvalue weighted by Gasteiger charge is 2.19. The van der Waals surface area contributed by atoms with Gasteiger partial charge in [-0.2, -0.15) is 0 Å². The summed E-state index contributed by atoms with van der Waals surface area (Å²) in [5.74, 6) is -1.14. The summed E-state index contributed by atoms with van der Waals surface area (Å²) in [6.07, 6.45) is 0.577. The average Bonchev–Trinajstić information content (AvgIpc) is 2.43. The lowest BCUT2D eigenvalue weighted by atomic mass is 10.1. The van der Waals surface area contributed by atoms with Crippen LogP contribution in [0.3, 0.4) is 0 Å². The van der Waals surface area contributed by atoms with Gasteiger partial charge >= 0.3 is 11.9 Å². The number of esters is 2. The van der Waals surface area contributed by atoms with Gasteiger partial charge in [-0.15, -0.1) is 0 Å². The lowest BCUT2D eigenvalue weighted by Crippen LogP contribution is -2.23. The third-order valence-electron chi connectivity index (χ3n) is 2.68. The molecular formula is C15H22O4Si. The van der Waals surface area contributed by atoms with Gasteiger partial charge in [-0.25, -0.2) is 0 Å². The lowest BCUT2D eigenvalue weighted by Gasteiger charge is -2.12. The molecule has 0 aliphatic heterocycles. The van der Waals surface area contributed by atoms with Crippen LogP contribution in [0.5, 0.6) is 0 Å². The van der Waals surface area contributed by atoms with Gasteiger partial charge in [0.05, 0.1) is 27.4 Å². The molecule has 1 aromatic carbocycles. The Morgan fingerprint density at radius 3 is 2.40 bits per heavy atom. The van der Waals surface area contributed by atoms with Gasteiger partial charge in [0.25, 0.3) is 0 Å². The maximum absolute atomic E-state index is 11.6. The van der Waals surface area contributed by atoms with Gasteiger partial charge < -0.3 is 9.47 Å². The van der Waals surface area contributed by atoms with Crippen LogP contribution in [-0.2, 0) is 25.7 Å². The molecule has 0 radical (unpaired) electrons. The molecule has 0 aliphatic carbocycles. The monoisotopic (exact) mass is 294 g/mol. The maximum atomic E-state index is 11.6. The fourth-order valence-corrected chi connectivity index (χ4v) is 2.02. The summed E-state index contributed by atoms with van der Waals surface area (Å²) in [6, 6.07) is 9.45. The molecule has 0 saturated heterocycles. The zero-order valence-corrected chi connectivity index (χ0v) is 13.5. The van der Waals surface area contributed by atoms with Crippen LogP contribution in [0, 0.1) is 5.92 Å². The summed E-state index contributed by atoms with van der Waals surface area (Å²) in [7, 11) is -0.917. The van der Waals surface area contributed by atoms with E-state index in [0.29, 0.717) is 6.23 Å². The first-order valence-corrected chi connectivity index (χ1v) is 9.97. The highest BCUT2D eigenvalue weighted by Crippen LogP contribution is 2.08. The molecule has 0 saturated carbocycles. The molecule has 1 aromatic rings. The Bertz CT molecular complexity index is 431. The summed E-state index contributed by atoms with van der Waals surface area (Å²) in [6.45, 7) is 6.13. The van der Waals surface area contributed by atoms with Gasteiger partial charge in [0.15, 0.2) is 0 Å². The summed E-state index contributed by atoms with van der Waals surface area (Å²) < 4.78 is 10.3. The van der Waals surface area contributed by atoms with E-state index in [1.807, 2.05) is 30.3 Å². The van der Waals surface area contributed by atoms with Crippen molar-refractivity contribution in [3.05, 3.63) is 35.9 Å². The van der Waals surface area contributed by atoms with Crippen LogP contribution in [0.15, 0.2) is 30.3 Å². The standard InChI is InChI=1S/C15H22O4Si/c1-12(15(17)19-11-20(2)3)9-14(16)18-10-13-7-5-4-6-8-13/h4-8,12,20H,9-11H2,1-3H3.